The molecular formula is C37H33FN2O4. The molecule has 0 saturated heterocycles. The summed E-state index contributed by atoms with van der Waals surface area (Å²) in [6.07, 6.45) is 3.90. The first-order valence-electron chi connectivity index (χ1n) is 14.5. The van der Waals surface area contributed by atoms with Crippen molar-refractivity contribution < 1.29 is 23.1 Å². The molecule has 2 heterocycles. The van der Waals surface area contributed by atoms with E-state index in [1.807, 2.05) is 66.7 Å². The van der Waals surface area contributed by atoms with Gasteiger partial charge in [0.15, 0.2) is 11.5 Å². The lowest BCUT2D eigenvalue weighted by atomic mass is 9.87. The molecule has 7 heteroatoms. The number of ether oxygens (including phenoxy) is 2. The Morgan fingerprint density at radius 2 is 1.68 bits per heavy atom. The summed E-state index contributed by atoms with van der Waals surface area (Å²) in [5.41, 5.74) is 5.00. The molecule has 0 spiro atoms. The number of carbonyl (C=O) groups is 1. The molecule has 6 nitrogen and oxygen atoms in total. The zero-order valence-electron chi connectivity index (χ0n) is 24.4. The number of furan rings is 1. The van der Waals surface area contributed by atoms with Gasteiger partial charge in [0, 0.05) is 36.0 Å². The highest BCUT2D eigenvalue weighted by atomic mass is 19.1. The normalized spacial score (nSPS) is 11.8. The Labute approximate surface area is 255 Å². The van der Waals surface area contributed by atoms with Crippen molar-refractivity contribution >= 4 is 16.8 Å². The van der Waals surface area contributed by atoms with E-state index in [0.29, 0.717) is 37.0 Å². The van der Waals surface area contributed by atoms with Gasteiger partial charge in [-0.2, -0.15) is 0 Å². The van der Waals surface area contributed by atoms with Crippen LogP contribution < -0.4 is 14.8 Å². The number of nitrogens with one attached hydrogen (secondary N) is 1. The van der Waals surface area contributed by atoms with Gasteiger partial charge in [-0.15, -0.1) is 0 Å². The van der Waals surface area contributed by atoms with Crippen molar-refractivity contribution in [1.82, 2.24) is 9.88 Å². The number of amides is 1. The maximum atomic E-state index is 13.6. The molecule has 0 bridgehead atoms. The zero-order valence-corrected chi connectivity index (χ0v) is 24.4. The Morgan fingerprint density at radius 1 is 0.886 bits per heavy atom. The first-order valence-corrected chi connectivity index (χ1v) is 14.5. The van der Waals surface area contributed by atoms with Crippen LogP contribution in [0, 0.1) is 5.82 Å². The molecule has 1 N–H and O–H groups in total. The van der Waals surface area contributed by atoms with Crippen molar-refractivity contribution in [3.05, 3.63) is 155 Å². The molecule has 0 aliphatic heterocycles. The summed E-state index contributed by atoms with van der Waals surface area (Å²) in [7, 11) is 1.62. The molecule has 1 unspecified atom stereocenters. The number of methoxy groups -OCH3 is 1. The second-order valence-electron chi connectivity index (χ2n) is 10.7. The largest absolute Gasteiger partial charge is 0.493 e. The van der Waals surface area contributed by atoms with Gasteiger partial charge in [-0.3, -0.25) is 4.79 Å². The summed E-state index contributed by atoms with van der Waals surface area (Å²) in [6, 6.07) is 34.1. The molecule has 1 amide bonds. The first-order chi connectivity index (χ1) is 21.6. The smallest absolute Gasteiger partial charge is 0.221 e. The Kier molecular flexibility index (Phi) is 8.73. The number of nitrogens with zero attached hydrogens (tertiary/aromatic N) is 1. The standard InChI is InChI=1S/C37H33FN2O4/c1-42-36-20-28(15-18-35(36)44-25-27-8-3-2-4-9-27)32(21-37(41)39-22-30-10-7-19-43-30)33-24-40(34-12-6-5-11-31(33)34)23-26-13-16-29(38)17-14-26/h2-20,24,32H,21-23,25H2,1H3,(H,39,41). The van der Waals surface area contributed by atoms with Crippen LogP contribution in [0.5, 0.6) is 11.5 Å². The van der Waals surface area contributed by atoms with Crippen LogP contribution in [-0.2, 0) is 24.5 Å². The average Bonchev–Trinajstić information content (AvgIpc) is 3.72. The summed E-state index contributed by atoms with van der Waals surface area (Å²) < 4.78 is 33.1. The second-order valence-corrected chi connectivity index (χ2v) is 10.7. The molecule has 0 saturated carbocycles. The van der Waals surface area contributed by atoms with Crippen molar-refractivity contribution in [3.63, 3.8) is 0 Å². The van der Waals surface area contributed by atoms with Crippen LogP contribution in [0.3, 0.4) is 0 Å². The number of fused-ring (bicyclic) bond motifs is 1. The third kappa shape index (κ3) is 6.68. The second kappa shape index (κ2) is 13.3. The summed E-state index contributed by atoms with van der Waals surface area (Å²) in [4.78, 5) is 13.4. The lowest BCUT2D eigenvalue weighted by Crippen LogP contribution is -2.24. The molecule has 2 aromatic heterocycles. The molecule has 4 aromatic carbocycles. The highest BCUT2D eigenvalue weighted by Crippen LogP contribution is 2.39. The van der Waals surface area contributed by atoms with Crippen molar-refractivity contribution in [2.24, 2.45) is 0 Å². The number of hydrogen-bond acceptors (Lipinski definition) is 4. The summed E-state index contributed by atoms with van der Waals surface area (Å²) >= 11 is 0. The van der Waals surface area contributed by atoms with E-state index in [1.165, 1.54) is 12.1 Å². The van der Waals surface area contributed by atoms with E-state index < -0.39 is 0 Å². The summed E-state index contributed by atoms with van der Waals surface area (Å²) in [5.74, 6) is 1.24. The van der Waals surface area contributed by atoms with Crippen molar-refractivity contribution in [2.75, 3.05) is 7.11 Å². The minimum absolute atomic E-state index is 0.106. The van der Waals surface area contributed by atoms with Gasteiger partial charge in [0.25, 0.3) is 0 Å². The van der Waals surface area contributed by atoms with Crippen molar-refractivity contribution in [3.8, 4) is 11.5 Å². The number of para-hydroxylation sites is 1. The maximum absolute atomic E-state index is 13.6. The van der Waals surface area contributed by atoms with E-state index in [0.717, 1.165) is 33.2 Å². The number of halogens is 1. The highest BCUT2D eigenvalue weighted by Gasteiger charge is 2.24. The van der Waals surface area contributed by atoms with E-state index in [1.54, 1.807) is 31.6 Å². The molecule has 0 fully saturated rings. The van der Waals surface area contributed by atoms with Gasteiger partial charge in [-0.05, 0) is 64.7 Å². The molecular weight excluding hydrogens is 555 g/mol. The number of carbonyl (C=O) groups excluding carboxylic acids is 1. The van der Waals surface area contributed by atoms with Crippen LogP contribution >= 0.6 is 0 Å². The monoisotopic (exact) mass is 588 g/mol. The SMILES string of the molecule is COc1cc(C(CC(=O)NCc2ccco2)c2cn(Cc3ccc(F)cc3)c3ccccc23)ccc1OCc1ccccc1. The van der Waals surface area contributed by atoms with Crippen LogP contribution in [-0.4, -0.2) is 17.6 Å². The fourth-order valence-electron chi connectivity index (χ4n) is 5.49. The molecule has 0 aliphatic rings. The number of rotatable bonds is 12. The molecule has 222 valence electrons. The minimum atomic E-state index is -0.289. The lowest BCUT2D eigenvalue weighted by Gasteiger charge is -2.19. The van der Waals surface area contributed by atoms with Crippen LogP contribution in [0.2, 0.25) is 0 Å². The maximum Gasteiger partial charge on any atom is 0.221 e. The lowest BCUT2D eigenvalue weighted by molar-refractivity contribution is -0.121. The van der Waals surface area contributed by atoms with Gasteiger partial charge in [-0.1, -0.05) is 66.7 Å². The average molecular weight is 589 g/mol. The van der Waals surface area contributed by atoms with Crippen LogP contribution in [0.4, 0.5) is 4.39 Å². The third-order valence-electron chi connectivity index (χ3n) is 7.72. The first kappa shape index (κ1) is 28.8. The molecule has 44 heavy (non-hydrogen) atoms. The topological polar surface area (TPSA) is 65.6 Å². The predicted octanol–water partition coefficient (Wildman–Crippen LogP) is 7.85. The summed E-state index contributed by atoms with van der Waals surface area (Å²) in [6.45, 7) is 1.28. The predicted molar refractivity (Wildman–Crippen MR) is 168 cm³/mol. The fraction of sp³-hybridized carbons (Fsp3) is 0.162. The number of benzene rings is 4. The van der Waals surface area contributed by atoms with Crippen molar-refractivity contribution in [2.45, 2.75) is 32.0 Å². The molecule has 0 aliphatic carbocycles. The van der Waals surface area contributed by atoms with E-state index in [-0.39, 0.29) is 24.1 Å². The van der Waals surface area contributed by atoms with E-state index >= 15 is 0 Å². The molecule has 1 atom stereocenters. The van der Waals surface area contributed by atoms with E-state index in [9.17, 15) is 9.18 Å². The highest BCUT2D eigenvalue weighted by molar-refractivity contribution is 5.87. The quantitative estimate of drug-likeness (QED) is 0.158. The van der Waals surface area contributed by atoms with E-state index in [2.05, 4.69) is 28.2 Å². The fourth-order valence-corrected chi connectivity index (χ4v) is 5.49. The van der Waals surface area contributed by atoms with Gasteiger partial charge in [0.1, 0.15) is 18.2 Å². The van der Waals surface area contributed by atoms with Gasteiger partial charge in [0.05, 0.1) is 19.9 Å². The van der Waals surface area contributed by atoms with E-state index in [4.69, 9.17) is 13.9 Å². The van der Waals surface area contributed by atoms with Gasteiger partial charge in [0.2, 0.25) is 5.91 Å². The molecule has 0 radical (unpaired) electrons. The Hall–Kier alpha value is -5.30. The zero-order chi connectivity index (χ0) is 30.3. The summed E-state index contributed by atoms with van der Waals surface area (Å²) in [5, 5.41) is 4.05. The van der Waals surface area contributed by atoms with Crippen LogP contribution in [0.1, 0.15) is 40.4 Å². The van der Waals surface area contributed by atoms with Crippen molar-refractivity contribution in [1.29, 1.82) is 0 Å². The third-order valence-corrected chi connectivity index (χ3v) is 7.72. The molecule has 6 rings (SSSR count). The molecule has 6 aromatic rings. The van der Waals surface area contributed by atoms with Crippen LogP contribution in [0.25, 0.3) is 10.9 Å². The van der Waals surface area contributed by atoms with Crippen LogP contribution in [0.15, 0.2) is 126 Å². The Bertz CT molecular complexity index is 1830. The Morgan fingerprint density at radius 3 is 2.45 bits per heavy atom. The van der Waals surface area contributed by atoms with Gasteiger partial charge < -0.3 is 23.8 Å². The number of hydrogen-bond donors (Lipinski definition) is 1. The van der Waals surface area contributed by atoms with Gasteiger partial charge >= 0.3 is 0 Å². The Balaban J connectivity index is 1.35. The van der Waals surface area contributed by atoms with Gasteiger partial charge in [-0.25, -0.2) is 4.39 Å². The minimum Gasteiger partial charge on any atom is -0.493 e. The number of aromatic nitrogens is 1.